The molecule has 0 fully saturated rings. The van der Waals surface area contributed by atoms with Gasteiger partial charge < -0.3 is 9.47 Å². The van der Waals surface area contributed by atoms with Gasteiger partial charge in [-0.2, -0.15) is 0 Å². The summed E-state index contributed by atoms with van der Waals surface area (Å²) in [6, 6.07) is 15.0. The van der Waals surface area contributed by atoms with Crippen LogP contribution in [0.25, 0.3) is 0 Å². The monoisotopic (exact) mass is 342 g/mol. The van der Waals surface area contributed by atoms with E-state index >= 15 is 0 Å². The summed E-state index contributed by atoms with van der Waals surface area (Å²) in [5.74, 6) is -0.808. The number of benzene rings is 2. The van der Waals surface area contributed by atoms with Crippen LogP contribution in [0.2, 0.25) is 0 Å². The average molecular weight is 342 g/mol. The molecule has 24 heavy (non-hydrogen) atoms. The Balaban J connectivity index is 2.05. The quantitative estimate of drug-likeness (QED) is 0.784. The molecule has 1 atom stereocenters. The fourth-order valence-electron chi connectivity index (χ4n) is 2.68. The highest BCUT2D eigenvalue weighted by molar-refractivity contribution is 8.00. The Morgan fingerprint density at radius 1 is 1.21 bits per heavy atom. The number of hydrogen-bond acceptors (Lipinski definition) is 5. The Morgan fingerprint density at radius 2 is 1.96 bits per heavy atom. The maximum atomic E-state index is 12.6. The fraction of sp³-hybridized carbons (Fsp3) is 0.263. The summed E-state index contributed by atoms with van der Waals surface area (Å²) >= 11 is 1.38. The fourth-order valence-corrected chi connectivity index (χ4v) is 3.99. The van der Waals surface area contributed by atoms with Crippen molar-refractivity contribution in [1.29, 1.82) is 0 Å². The zero-order valence-corrected chi connectivity index (χ0v) is 14.4. The van der Waals surface area contributed by atoms with Crippen molar-refractivity contribution in [3.05, 3.63) is 65.2 Å². The van der Waals surface area contributed by atoms with E-state index in [2.05, 4.69) is 0 Å². The number of esters is 2. The zero-order chi connectivity index (χ0) is 17.2. The lowest BCUT2D eigenvalue weighted by atomic mass is 10.0. The normalized spacial score (nSPS) is 19.3. The second-order valence-corrected chi connectivity index (χ2v) is 6.90. The molecular weight excluding hydrogens is 324 g/mol. The summed E-state index contributed by atoms with van der Waals surface area (Å²) in [5.41, 5.74) is 2.29. The molecule has 124 valence electrons. The lowest BCUT2D eigenvalue weighted by molar-refractivity contribution is -0.146. The van der Waals surface area contributed by atoms with Crippen molar-refractivity contribution < 1.29 is 19.1 Å². The molecule has 1 heterocycles. The van der Waals surface area contributed by atoms with Gasteiger partial charge in [0.2, 0.25) is 0 Å². The molecule has 2 aromatic carbocycles. The third-order valence-corrected chi connectivity index (χ3v) is 5.15. The van der Waals surface area contributed by atoms with Gasteiger partial charge in [0.25, 0.3) is 0 Å². The van der Waals surface area contributed by atoms with Crippen LogP contribution in [0.4, 0.5) is 0 Å². The number of rotatable bonds is 4. The van der Waals surface area contributed by atoms with E-state index in [9.17, 15) is 9.59 Å². The number of ether oxygens (including phenoxy) is 2. The Morgan fingerprint density at radius 3 is 2.67 bits per heavy atom. The van der Waals surface area contributed by atoms with Gasteiger partial charge in [0.15, 0.2) is 4.93 Å². The van der Waals surface area contributed by atoms with Crippen molar-refractivity contribution in [2.24, 2.45) is 0 Å². The minimum atomic E-state index is -1.10. The molecule has 3 rings (SSSR count). The van der Waals surface area contributed by atoms with E-state index in [1.165, 1.54) is 11.8 Å². The van der Waals surface area contributed by atoms with Gasteiger partial charge >= 0.3 is 11.9 Å². The third kappa shape index (κ3) is 3.17. The highest BCUT2D eigenvalue weighted by Crippen LogP contribution is 2.50. The number of thioether (sulfide) groups is 1. The largest absolute Gasteiger partial charge is 0.466 e. The van der Waals surface area contributed by atoms with Gasteiger partial charge in [0.05, 0.1) is 18.6 Å². The van der Waals surface area contributed by atoms with Crippen LogP contribution in [0.5, 0.6) is 0 Å². The van der Waals surface area contributed by atoms with E-state index in [0.29, 0.717) is 5.56 Å². The molecule has 0 aliphatic carbocycles. The Kier molecular flexibility index (Phi) is 4.62. The van der Waals surface area contributed by atoms with Crippen LogP contribution in [0, 0.1) is 6.92 Å². The van der Waals surface area contributed by atoms with Crippen molar-refractivity contribution in [2.45, 2.75) is 30.1 Å². The van der Waals surface area contributed by atoms with E-state index in [0.717, 1.165) is 16.0 Å². The molecule has 0 bridgehead atoms. The van der Waals surface area contributed by atoms with Crippen LogP contribution in [0.3, 0.4) is 0 Å². The van der Waals surface area contributed by atoms with Gasteiger partial charge in [0.1, 0.15) is 0 Å². The van der Waals surface area contributed by atoms with Crippen molar-refractivity contribution >= 4 is 23.7 Å². The molecule has 0 saturated heterocycles. The molecule has 0 spiro atoms. The van der Waals surface area contributed by atoms with Crippen LogP contribution < -0.4 is 0 Å². The van der Waals surface area contributed by atoms with Gasteiger partial charge in [-0.15, -0.1) is 0 Å². The standard InChI is InChI=1S/C19H18O4S/c1-3-22-17(20)12-19(14-7-5-4-6-8-14)23-18(21)15-11-13(2)9-10-16(15)24-19/h4-11H,3,12H2,1-2H3. The first-order valence-electron chi connectivity index (χ1n) is 7.78. The molecule has 5 heteroatoms. The summed E-state index contributed by atoms with van der Waals surface area (Å²) in [6.07, 6.45) is -0.0332. The van der Waals surface area contributed by atoms with Gasteiger partial charge in [-0.3, -0.25) is 4.79 Å². The van der Waals surface area contributed by atoms with Crippen LogP contribution in [-0.2, 0) is 19.2 Å². The molecular formula is C19H18O4S. The number of carbonyl (C=O) groups excluding carboxylic acids is 2. The highest BCUT2D eigenvalue weighted by Gasteiger charge is 2.45. The first kappa shape index (κ1) is 16.6. The molecule has 0 aromatic heterocycles. The first-order valence-corrected chi connectivity index (χ1v) is 8.60. The van der Waals surface area contributed by atoms with E-state index in [4.69, 9.17) is 9.47 Å². The van der Waals surface area contributed by atoms with E-state index in [1.807, 2.05) is 55.5 Å². The molecule has 1 aliphatic rings. The lowest BCUT2D eigenvalue weighted by Gasteiger charge is -2.36. The smallest absolute Gasteiger partial charge is 0.341 e. The van der Waals surface area contributed by atoms with Crippen LogP contribution in [0.1, 0.15) is 34.8 Å². The Hall–Kier alpha value is -2.27. The van der Waals surface area contributed by atoms with Crippen LogP contribution in [-0.4, -0.2) is 18.5 Å². The van der Waals surface area contributed by atoms with E-state index < -0.39 is 16.9 Å². The topological polar surface area (TPSA) is 52.6 Å². The zero-order valence-electron chi connectivity index (χ0n) is 13.6. The maximum Gasteiger partial charge on any atom is 0.341 e. The molecule has 2 aromatic rings. The summed E-state index contributed by atoms with van der Waals surface area (Å²) in [6.45, 7) is 3.97. The molecule has 0 saturated carbocycles. The van der Waals surface area contributed by atoms with E-state index in [-0.39, 0.29) is 13.0 Å². The molecule has 4 nitrogen and oxygen atoms in total. The molecule has 0 amide bonds. The van der Waals surface area contributed by atoms with Gasteiger partial charge in [0, 0.05) is 10.5 Å². The highest BCUT2D eigenvalue weighted by atomic mass is 32.2. The predicted molar refractivity (Wildman–Crippen MR) is 91.8 cm³/mol. The third-order valence-electron chi connectivity index (χ3n) is 3.78. The van der Waals surface area contributed by atoms with E-state index in [1.54, 1.807) is 6.92 Å². The number of hydrogen-bond donors (Lipinski definition) is 0. The van der Waals surface area contributed by atoms with Gasteiger partial charge in [-0.1, -0.05) is 53.7 Å². The van der Waals surface area contributed by atoms with Crippen LogP contribution >= 0.6 is 11.8 Å². The first-order chi connectivity index (χ1) is 11.5. The molecule has 0 radical (unpaired) electrons. The van der Waals surface area contributed by atoms with Crippen LogP contribution in [0.15, 0.2) is 53.4 Å². The predicted octanol–water partition coefficient (Wildman–Crippen LogP) is 4.06. The average Bonchev–Trinajstić information content (AvgIpc) is 2.57. The summed E-state index contributed by atoms with van der Waals surface area (Å²) in [5, 5.41) is 0. The van der Waals surface area contributed by atoms with Crippen molar-refractivity contribution in [1.82, 2.24) is 0 Å². The summed E-state index contributed by atoms with van der Waals surface area (Å²) in [7, 11) is 0. The minimum absolute atomic E-state index is 0.0332. The Labute approximate surface area is 145 Å². The second kappa shape index (κ2) is 6.69. The number of carbonyl (C=O) groups is 2. The van der Waals surface area contributed by atoms with Crippen molar-refractivity contribution in [2.75, 3.05) is 6.61 Å². The summed E-state index contributed by atoms with van der Waals surface area (Å²) in [4.78, 5) is 24.4. The minimum Gasteiger partial charge on any atom is -0.466 e. The van der Waals surface area contributed by atoms with Crippen molar-refractivity contribution in [3.8, 4) is 0 Å². The molecule has 1 unspecified atom stereocenters. The van der Waals surface area contributed by atoms with Crippen molar-refractivity contribution in [3.63, 3.8) is 0 Å². The molecule has 1 aliphatic heterocycles. The van der Waals surface area contributed by atoms with Gasteiger partial charge in [-0.25, -0.2) is 4.79 Å². The second-order valence-electron chi connectivity index (χ2n) is 5.59. The number of aryl methyl sites for hydroxylation is 1. The number of fused-ring (bicyclic) bond motifs is 1. The Bertz CT molecular complexity index is 772. The summed E-state index contributed by atoms with van der Waals surface area (Å²) < 4.78 is 10.9. The molecule has 0 N–H and O–H groups in total. The lowest BCUT2D eigenvalue weighted by Crippen LogP contribution is -2.35. The van der Waals surface area contributed by atoms with Gasteiger partial charge in [-0.05, 0) is 26.0 Å². The maximum absolute atomic E-state index is 12.6. The SMILES string of the molecule is CCOC(=O)CC1(c2ccccc2)OC(=O)c2cc(C)ccc2S1. The number of cyclic esters (lactones) is 1.